The van der Waals surface area contributed by atoms with Crippen LogP contribution in [0.5, 0.6) is 0 Å². The molecule has 1 unspecified atom stereocenters. The van der Waals surface area contributed by atoms with Gasteiger partial charge in [-0.05, 0) is 22.8 Å². The molecular weight excluding hydrogens is 141 g/mol. The van der Waals surface area contributed by atoms with Crippen LogP contribution in [0.2, 0.25) is 0 Å². The molecule has 0 aliphatic rings. The van der Waals surface area contributed by atoms with Gasteiger partial charge in [0, 0.05) is 11.7 Å². The largest absolute Gasteiger partial charge is 0.361 e. The molecule has 0 saturated carbocycles. The number of fused-ring (bicyclic) bond motifs is 1. The molecule has 1 aromatic carbocycles. The molecule has 0 spiro atoms. The van der Waals surface area contributed by atoms with Gasteiger partial charge in [-0.2, -0.15) is 0 Å². The third-order valence-corrected chi connectivity index (χ3v) is 1.94. The van der Waals surface area contributed by atoms with Crippen LogP contribution >= 0.6 is 9.24 Å². The van der Waals surface area contributed by atoms with Crippen LogP contribution in [0.3, 0.4) is 0 Å². The van der Waals surface area contributed by atoms with Crippen molar-refractivity contribution in [2.45, 2.75) is 0 Å². The van der Waals surface area contributed by atoms with E-state index in [2.05, 4.69) is 38.5 Å². The second kappa shape index (κ2) is 2.10. The summed E-state index contributed by atoms with van der Waals surface area (Å²) >= 11 is 0. The maximum Gasteiger partial charge on any atom is 0.0460 e. The highest BCUT2D eigenvalue weighted by Gasteiger charge is 1.91. The van der Waals surface area contributed by atoms with Crippen LogP contribution in [0.15, 0.2) is 30.5 Å². The highest BCUT2D eigenvalue weighted by atomic mass is 31.0. The molecule has 1 aromatic heterocycles. The number of hydrogen-bond acceptors (Lipinski definition) is 0. The lowest BCUT2D eigenvalue weighted by molar-refractivity contribution is 1.48. The van der Waals surface area contributed by atoms with E-state index in [1.165, 1.54) is 16.2 Å². The van der Waals surface area contributed by atoms with Crippen molar-refractivity contribution in [2.24, 2.45) is 0 Å². The number of H-pyrrole nitrogens is 1. The van der Waals surface area contributed by atoms with Crippen LogP contribution in [-0.2, 0) is 0 Å². The third kappa shape index (κ3) is 0.833. The molecule has 0 radical (unpaired) electrons. The minimum absolute atomic E-state index is 1.20. The Morgan fingerprint density at radius 2 is 2.10 bits per heavy atom. The van der Waals surface area contributed by atoms with Crippen LogP contribution in [0.25, 0.3) is 10.9 Å². The van der Waals surface area contributed by atoms with Crippen molar-refractivity contribution in [1.29, 1.82) is 0 Å². The average molecular weight is 149 g/mol. The van der Waals surface area contributed by atoms with E-state index in [9.17, 15) is 0 Å². The molecule has 2 rings (SSSR count). The predicted molar refractivity (Wildman–Crippen MR) is 47.6 cm³/mol. The Kier molecular flexibility index (Phi) is 1.25. The molecule has 10 heavy (non-hydrogen) atoms. The fourth-order valence-corrected chi connectivity index (χ4v) is 1.33. The van der Waals surface area contributed by atoms with Gasteiger partial charge in [-0.15, -0.1) is 9.24 Å². The summed E-state index contributed by atoms with van der Waals surface area (Å²) in [5.41, 5.74) is 1.20. The molecule has 1 atom stereocenters. The number of hydrogen-bond donors (Lipinski definition) is 1. The summed E-state index contributed by atoms with van der Waals surface area (Å²) in [4.78, 5) is 3.15. The lowest BCUT2D eigenvalue weighted by atomic mass is 10.2. The average Bonchev–Trinajstić information content (AvgIpc) is 2.33. The van der Waals surface area contributed by atoms with E-state index in [1.54, 1.807) is 0 Å². The smallest absolute Gasteiger partial charge is 0.0460 e. The van der Waals surface area contributed by atoms with Crippen LogP contribution in [0, 0.1) is 0 Å². The monoisotopic (exact) mass is 149 g/mol. The van der Waals surface area contributed by atoms with E-state index in [-0.39, 0.29) is 0 Å². The first-order valence-electron chi connectivity index (χ1n) is 3.19. The highest BCUT2D eigenvalue weighted by Crippen LogP contribution is 2.09. The molecule has 1 heterocycles. The maximum absolute atomic E-state index is 3.15. The number of nitrogens with one attached hydrogen (secondary N) is 1. The lowest BCUT2D eigenvalue weighted by Crippen LogP contribution is -1.86. The van der Waals surface area contributed by atoms with Crippen molar-refractivity contribution >= 4 is 25.4 Å². The van der Waals surface area contributed by atoms with E-state index in [1.807, 2.05) is 6.20 Å². The fourth-order valence-electron chi connectivity index (χ4n) is 1.07. The summed E-state index contributed by atoms with van der Waals surface area (Å²) in [6.45, 7) is 0. The Morgan fingerprint density at radius 1 is 1.20 bits per heavy atom. The van der Waals surface area contributed by atoms with E-state index in [0.717, 1.165) is 0 Å². The number of rotatable bonds is 0. The molecule has 0 aliphatic carbocycles. The van der Waals surface area contributed by atoms with Crippen LogP contribution < -0.4 is 5.30 Å². The van der Waals surface area contributed by atoms with Gasteiger partial charge >= 0.3 is 0 Å². The Balaban J connectivity index is 2.86. The summed E-state index contributed by atoms with van der Waals surface area (Å²) in [6, 6.07) is 8.37. The van der Waals surface area contributed by atoms with Crippen LogP contribution in [-0.4, -0.2) is 4.98 Å². The van der Waals surface area contributed by atoms with Crippen molar-refractivity contribution < 1.29 is 0 Å². The van der Waals surface area contributed by atoms with Gasteiger partial charge in [-0.1, -0.05) is 12.1 Å². The van der Waals surface area contributed by atoms with Gasteiger partial charge in [0.2, 0.25) is 0 Å². The van der Waals surface area contributed by atoms with Crippen molar-refractivity contribution in [2.75, 3.05) is 0 Å². The zero-order chi connectivity index (χ0) is 6.97. The standard InChI is InChI=1S/C8H8NP/c10-7-2-1-6-3-4-9-8(6)5-7/h1-5,9H,10H2. The van der Waals surface area contributed by atoms with E-state index in [0.29, 0.717) is 0 Å². The van der Waals surface area contributed by atoms with E-state index in [4.69, 9.17) is 0 Å². The predicted octanol–water partition coefficient (Wildman–Crippen LogP) is 1.67. The van der Waals surface area contributed by atoms with Crippen molar-refractivity contribution in [1.82, 2.24) is 4.98 Å². The topological polar surface area (TPSA) is 15.8 Å². The second-order valence-electron chi connectivity index (χ2n) is 2.32. The molecule has 1 nitrogen and oxygen atoms in total. The summed E-state index contributed by atoms with van der Waals surface area (Å²) in [6.07, 6.45) is 1.95. The highest BCUT2D eigenvalue weighted by molar-refractivity contribution is 7.27. The molecule has 0 fully saturated rings. The minimum Gasteiger partial charge on any atom is -0.361 e. The van der Waals surface area contributed by atoms with Gasteiger partial charge in [0.05, 0.1) is 0 Å². The van der Waals surface area contributed by atoms with Crippen LogP contribution in [0.4, 0.5) is 0 Å². The molecular formula is C8H8NP. The number of benzene rings is 1. The summed E-state index contributed by atoms with van der Waals surface area (Å²) < 4.78 is 0. The fraction of sp³-hybridized carbons (Fsp3) is 0. The normalized spacial score (nSPS) is 10.5. The van der Waals surface area contributed by atoms with Gasteiger partial charge < -0.3 is 4.98 Å². The third-order valence-electron chi connectivity index (χ3n) is 1.58. The molecule has 0 bridgehead atoms. The summed E-state index contributed by atoms with van der Waals surface area (Å²) in [5.74, 6) is 0. The lowest BCUT2D eigenvalue weighted by Gasteiger charge is -1.90. The first-order valence-corrected chi connectivity index (χ1v) is 3.76. The molecule has 0 saturated heterocycles. The van der Waals surface area contributed by atoms with Crippen molar-refractivity contribution in [3.8, 4) is 0 Å². The first kappa shape index (κ1) is 5.94. The van der Waals surface area contributed by atoms with E-state index >= 15 is 0 Å². The van der Waals surface area contributed by atoms with Gasteiger partial charge in [-0.3, -0.25) is 0 Å². The zero-order valence-electron chi connectivity index (χ0n) is 5.46. The Bertz CT molecular complexity index is 351. The maximum atomic E-state index is 3.15. The molecule has 2 heteroatoms. The van der Waals surface area contributed by atoms with Crippen molar-refractivity contribution in [3.05, 3.63) is 30.5 Å². The molecule has 2 aromatic rings. The second-order valence-corrected chi connectivity index (χ2v) is 2.99. The Morgan fingerprint density at radius 3 is 3.00 bits per heavy atom. The Hall–Kier alpha value is -0.810. The number of aromatic nitrogens is 1. The zero-order valence-corrected chi connectivity index (χ0v) is 6.62. The first-order chi connectivity index (χ1) is 4.86. The van der Waals surface area contributed by atoms with Gasteiger partial charge in [-0.25, -0.2) is 0 Å². The van der Waals surface area contributed by atoms with Gasteiger partial charge in [0.25, 0.3) is 0 Å². The number of aromatic amines is 1. The summed E-state index contributed by atoms with van der Waals surface area (Å²) in [5, 5.41) is 2.49. The Labute approximate surface area is 61.7 Å². The summed E-state index contributed by atoms with van der Waals surface area (Å²) in [7, 11) is 2.68. The van der Waals surface area contributed by atoms with E-state index < -0.39 is 0 Å². The van der Waals surface area contributed by atoms with Crippen molar-refractivity contribution in [3.63, 3.8) is 0 Å². The molecule has 1 N–H and O–H groups in total. The quantitative estimate of drug-likeness (QED) is 0.548. The molecule has 50 valence electrons. The SMILES string of the molecule is Pc1ccc2cc[nH]c2c1. The molecule has 0 aliphatic heterocycles. The van der Waals surface area contributed by atoms with Crippen LogP contribution in [0.1, 0.15) is 0 Å². The van der Waals surface area contributed by atoms with Gasteiger partial charge in [0.1, 0.15) is 0 Å². The minimum atomic E-state index is 1.20. The molecule has 0 amide bonds. The van der Waals surface area contributed by atoms with Gasteiger partial charge in [0.15, 0.2) is 0 Å².